The van der Waals surface area contributed by atoms with Crippen LogP contribution in [0.2, 0.25) is 0 Å². The van der Waals surface area contributed by atoms with Crippen LogP contribution < -0.4 is 0 Å². The zero-order valence-electron chi connectivity index (χ0n) is 7.75. The molecule has 0 aliphatic carbocycles. The molecule has 1 amide bonds. The van der Waals surface area contributed by atoms with Crippen molar-refractivity contribution >= 4 is 29.6 Å². The summed E-state index contributed by atoms with van der Waals surface area (Å²) in [6.07, 6.45) is 1.26. The van der Waals surface area contributed by atoms with Crippen molar-refractivity contribution in [3.63, 3.8) is 0 Å². The molecule has 0 bridgehead atoms. The molecular weight excluding hydrogens is 200 g/mol. The van der Waals surface area contributed by atoms with Gasteiger partial charge in [0.05, 0.1) is 13.2 Å². The van der Waals surface area contributed by atoms with Crippen LogP contribution in [0.4, 0.5) is 0 Å². The number of carbonyl (C=O) groups is 1. The highest BCUT2D eigenvalue weighted by molar-refractivity contribution is 6.71. The first-order valence-electron chi connectivity index (χ1n) is 4.31. The van der Waals surface area contributed by atoms with Gasteiger partial charge in [0.2, 0.25) is 0 Å². The van der Waals surface area contributed by atoms with Crippen molar-refractivity contribution in [2.45, 2.75) is 0 Å². The number of carbonyl (C=O) groups excluding carboxylic acids is 1. The smallest absolute Gasteiger partial charge is 0.301 e. The Hall–Kier alpha value is -1.73. The van der Waals surface area contributed by atoms with E-state index in [1.54, 1.807) is 0 Å². The Balaban J connectivity index is 2.05. The molecule has 2 aliphatic rings. The minimum Gasteiger partial charge on any atom is -0.394 e. The minimum absolute atomic E-state index is 0.0807. The average molecular weight is 208 g/mol. The number of aliphatic hydroxyl groups is 1. The summed E-state index contributed by atoms with van der Waals surface area (Å²) >= 11 is 0. The Labute approximate surface area is 84.9 Å². The van der Waals surface area contributed by atoms with Crippen LogP contribution in [0.25, 0.3) is 0 Å². The molecule has 1 N–H and O–H groups in total. The van der Waals surface area contributed by atoms with Crippen LogP contribution in [-0.4, -0.2) is 54.6 Å². The third-order valence-corrected chi connectivity index (χ3v) is 1.71. The summed E-state index contributed by atoms with van der Waals surface area (Å²) in [4.78, 5) is 26.5. The third kappa shape index (κ3) is 2.03. The molecule has 15 heavy (non-hydrogen) atoms. The number of aliphatic hydroxyl groups excluding tert-OH is 1. The minimum atomic E-state index is -0.458. The van der Waals surface area contributed by atoms with E-state index in [0.717, 1.165) is 0 Å². The summed E-state index contributed by atoms with van der Waals surface area (Å²) < 4.78 is 4.99. The standard InChI is InChI=1S/C8H8N4O3/c13-1-2-15-3-5-11-7-6(8(14)12-5)9-4-10-7/h4,13H,1-3H2. The molecule has 2 heterocycles. The molecule has 0 spiro atoms. The number of amides is 1. The number of ether oxygens (including phenoxy) is 1. The maximum atomic E-state index is 11.3. The lowest BCUT2D eigenvalue weighted by Crippen LogP contribution is -2.27. The first-order valence-corrected chi connectivity index (χ1v) is 4.31. The second kappa shape index (κ2) is 4.20. The van der Waals surface area contributed by atoms with E-state index in [1.165, 1.54) is 6.34 Å². The highest BCUT2D eigenvalue weighted by Gasteiger charge is 2.25. The first-order chi connectivity index (χ1) is 7.31. The van der Waals surface area contributed by atoms with Crippen LogP contribution in [0.3, 0.4) is 0 Å². The van der Waals surface area contributed by atoms with Gasteiger partial charge in [-0.25, -0.2) is 15.0 Å². The highest BCUT2D eigenvalue weighted by Crippen LogP contribution is 2.04. The van der Waals surface area contributed by atoms with E-state index in [2.05, 4.69) is 20.0 Å². The van der Waals surface area contributed by atoms with Crippen LogP contribution in [0.1, 0.15) is 0 Å². The summed E-state index contributed by atoms with van der Waals surface area (Å²) in [5.74, 6) is 0.0687. The number of aliphatic imine (C=N–C) groups is 4. The summed E-state index contributed by atoms with van der Waals surface area (Å²) in [7, 11) is 0. The first kappa shape index (κ1) is 9.81. The lowest BCUT2D eigenvalue weighted by molar-refractivity contribution is -0.111. The predicted molar refractivity (Wildman–Crippen MR) is 53.7 cm³/mol. The van der Waals surface area contributed by atoms with Gasteiger partial charge in [-0.15, -0.1) is 0 Å². The molecule has 7 nitrogen and oxygen atoms in total. The number of amidine groups is 2. The zero-order valence-corrected chi connectivity index (χ0v) is 7.75. The number of rotatable bonds is 4. The van der Waals surface area contributed by atoms with Crippen LogP contribution in [0, 0.1) is 0 Å². The van der Waals surface area contributed by atoms with Gasteiger partial charge >= 0.3 is 5.91 Å². The largest absolute Gasteiger partial charge is 0.394 e. The Bertz CT molecular complexity index is 408. The molecule has 0 aromatic heterocycles. The van der Waals surface area contributed by atoms with Crippen molar-refractivity contribution in [1.29, 1.82) is 0 Å². The maximum Gasteiger partial charge on any atom is 0.301 e. The molecule has 0 unspecified atom stereocenters. The number of fused-ring (bicyclic) bond motifs is 1. The van der Waals surface area contributed by atoms with Crippen molar-refractivity contribution in [2.24, 2.45) is 20.0 Å². The van der Waals surface area contributed by atoms with Gasteiger partial charge in [0.25, 0.3) is 0 Å². The number of hydrogen-bond acceptors (Lipinski definition) is 6. The summed E-state index contributed by atoms with van der Waals surface area (Å²) in [6.45, 7) is 0.184. The second-order valence-electron chi connectivity index (χ2n) is 2.77. The Kier molecular flexibility index (Phi) is 2.75. The lowest BCUT2D eigenvalue weighted by atomic mass is 10.3. The highest BCUT2D eigenvalue weighted by atomic mass is 16.5. The van der Waals surface area contributed by atoms with E-state index in [0.29, 0.717) is 0 Å². The van der Waals surface area contributed by atoms with Gasteiger partial charge in [0.1, 0.15) is 12.9 Å². The van der Waals surface area contributed by atoms with E-state index < -0.39 is 5.91 Å². The molecular formula is C8H8N4O3. The molecule has 2 rings (SSSR count). The fraction of sp³-hybridized carbons (Fsp3) is 0.375. The number of hydrogen-bond donors (Lipinski definition) is 1. The van der Waals surface area contributed by atoms with E-state index in [4.69, 9.17) is 9.84 Å². The van der Waals surface area contributed by atoms with Crippen LogP contribution in [-0.2, 0) is 9.53 Å². The molecule has 78 valence electrons. The fourth-order valence-electron chi connectivity index (χ4n) is 1.10. The van der Waals surface area contributed by atoms with Crippen LogP contribution in [0.15, 0.2) is 20.0 Å². The quantitative estimate of drug-likeness (QED) is 0.588. The molecule has 0 fully saturated rings. The fourth-order valence-corrected chi connectivity index (χ4v) is 1.10. The van der Waals surface area contributed by atoms with Gasteiger partial charge in [0, 0.05) is 0 Å². The molecule has 0 aromatic rings. The van der Waals surface area contributed by atoms with E-state index >= 15 is 0 Å². The van der Waals surface area contributed by atoms with Crippen molar-refractivity contribution in [3.05, 3.63) is 0 Å². The van der Waals surface area contributed by atoms with Crippen molar-refractivity contribution < 1.29 is 14.6 Å². The molecule has 7 heteroatoms. The van der Waals surface area contributed by atoms with E-state index in [-0.39, 0.29) is 37.2 Å². The Morgan fingerprint density at radius 3 is 3.07 bits per heavy atom. The van der Waals surface area contributed by atoms with Gasteiger partial charge in [-0.3, -0.25) is 4.79 Å². The molecule has 0 aromatic carbocycles. The van der Waals surface area contributed by atoms with Gasteiger partial charge in [0.15, 0.2) is 17.4 Å². The third-order valence-electron chi connectivity index (χ3n) is 1.71. The summed E-state index contributed by atoms with van der Waals surface area (Å²) in [6, 6.07) is 0. The SMILES string of the molecule is O=C1N=C(COCCO)N=C2N=CN=C12. The van der Waals surface area contributed by atoms with Crippen molar-refractivity contribution in [1.82, 2.24) is 0 Å². The zero-order chi connectivity index (χ0) is 10.7. The van der Waals surface area contributed by atoms with Gasteiger partial charge in [-0.2, -0.15) is 4.99 Å². The molecule has 0 saturated carbocycles. The van der Waals surface area contributed by atoms with E-state index in [1.807, 2.05) is 0 Å². The Morgan fingerprint density at radius 1 is 1.40 bits per heavy atom. The van der Waals surface area contributed by atoms with Crippen molar-refractivity contribution in [3.8, 4) is 0 Å². The molecule has 0 saturated heterocycles. The van der Waals surface area contributed by atoms with E-state index in [9.17, 15) is 4.79 Å². The summed E-state index contributed by atoms with van der Waals surface area (Å²) in [5, 5.41) is 8.49. The van der Waals surface area contributed by atoms with Gasteiger partial charge in [-0.05, 0) is 0 Å². The van der Waals surface area contributed by atoms with Crippen molar-refractivity contribution in [2.75, 3.05) is 19.8 Å². The molecule has 2 aliphatic heterocycles. The average Bonchev–Trinajstić information content (AvgIpc) is 2.66. The second-order valence-corrected chi connectivity index (χ2v) is 2.77. The van der Waals surface area contributed by atoms with Gasteiger partial charge in [-0.1, -0.05) is 0 Å². The molecule has 0 atom stereocenters. The monoisotopic (exact) mass is 208 g/mol. The van der Waals surface area contributed by atoms with Crippen LogP contribution >= 0.6 is 0 Å². The maximum absolute atomic E-state index is 11.3. The van der Waals surface area contributed by atoms with Crippen LogP contribution in [0.5, 0.6) is 0 Å². The topological polar surface area (TPSA) is 96.0 Å². The Morgan fingerprint density at radius 2 is 2.27 bits per heavy atom. The summed E-state index contributed by atoms with van der Waals surface area (Å²) in [5.41, 5.74) is 0.168. The number of nitrogens with zero attached hydrogens (tertiary/aromatic N) is 4. The van der Waals surface area contributed by atoms with Gasteiger partial charge < -0.3 is 9.84 Å². The lowest BCUT2D eigenvalue weighted by Gasteiger charge is -2.07. The normalized spacial score (nSPS) is 18.5. The molecule has 0 radical (unpaired) electrons. The predicted octanol–water partition coefficient (Wildman–Crippen LogP) is -1.18.